The molecule has 158 valence electrons. The van der Waals surface area contributed by atoms with Crippen molar-refractivity contribution in [3.8, 4) is 11.4 Å². The number of para-hydroxylation sites is 1. The van der Waals surface area contributed by atoms with Gasteiger partial charge < -0.3 is 10.1 Å². The zero-order valence-electron chi connectivity index (χ0n) is 17.0. The summed E-state index contributed by atoms with van der Waals surface area (Å²) in [6.45, 7) is 0. The van der Waals surface area contributed by atoms with E-state index in [0.29, 0.717) is 16.6 Å². The molecule has 1 aromatic heterocycles. The van der Waals surface area contributed by atoms with Crippen LogP contribution >= 0.6 is 11.8 Å². The molecule has 0 aliphatic carbocycles. The van der Waals surface area contributed by atoms with Crippen LogP contribution in [0, 0.1) is 0 Å². The van der Waals surface area contributed by atoms with Gasteiger partial charge in [-0.3, -0.25) is 9.36 Å². The summed E-state index contributed by atoms with van der Waals surface area (Å²) in [6, 6.07) is 13.7. The normalized spacial score (nSPS) is 11.5. The molecule has 0 saturated heterocycles. The minimum Gasteiger partial charge on any atom is -0.495 e. The number of aromatic nitrogens is 2. The van der Waals surface area contributed by atoms with Crippen LogP contribution in [0.5, 0.6) is 5.75 Å². The number of anilines is 1. The summed E-state index contributed by atoms with van der Waals surface area (Å²) in [4.78, 5) is 17.5. The van der Waals surface area contributed by atoms with Crippen LogP contribution in [-0.2, 0) is 10.0 Å². The molecular weight excluding hydrogens is 424 g/mol. The predicted octanol–water partition coefficient (Wildman–Crippen LogP) is 3.11. The van der Waals surface area contributed by atoms with Gasteiger partial charge in [0.1, 0.15) is 11.4 Å². The molecule has 1 amide bonds. The number of amides is 1. The highest BCUT2D eigenvalue weighted by atomic mass is 32.2. The molecule has 0 fully saturated rings. The van der Waals surface area contributed by atoms with Gasteiger partial charge in [0.15, 0.2) is 5.16 Å². The average Bonchev–Trinajstić information content (AvgIpc) is 3.18. The molecule has 3 aromatic rings. The molecule has 30 heavy (non-hydrogen) atoms. The van der Waals surface area contributed by atoms with Crippen LogP contribution in [0.4, 0.5) is 5.69 Å². The Bertz CT molecular complexity index is 1160. The van der Waals surface area contributed by atoms with Crippen LogP contribution in [0.2, 0.25) is 0 Å². The van der Waals surface area contributed by atoms with Crippen molar-refractivity contribution in [2.75, 3.05) is 32.8 Å². The summed E-state index contributed by atoms with van der Waals surface area (Å²) in [6.07, 6.45) is 3.36. The summed E-state index contributed by atoms with van der Waals surface area (Å²) >= 11 is 1.41. The highest BCUT2D eigenvalue weighted by Crippen LogP contribution is 2.30. The first-order valence-electron chi connectivity index (χ1n) is 8.88. The van der Waals surface area contributed by atoms with Crippen molar-refractivity contribution in [2.45, 2.75) is 10.1 Å². The van der Waals surface area contributed by atoms with Crippen molar-refractivity contribution in [2.24, 2.45) is 0 Å². The van der Waals surface area contributed by atoms with E-state index in [9.17, 15) is 13.2 Å². The van der Waals surface area contributed by atoms with Gasteiger partial charge >= 0.3 is 0 Å². The number of rotatable bonds is 7. The van der Waals surface area contributed by atoms with Gasteiger partial charge in [0.05, 0.1) is 23.9 Å². The molecule has 8 nitrogen and oxygen atoms in total. The quantitative estimate of drug-likeness (QED) is 0.561. The van der Waals surface area contributed by atoms with E-state index >= 15 is 0 Å². The van der Waals surface area contributed by atoms with Crippen LogP contribution in [0.15, 0.2) is 64.8 Å². The number of carbonyl (C=O) groups excluding carboxylic acids is 1. The Hall–Kier alpha value is -2.82. The van der Waals surface area contributed by atoms with E-state index < -0.39 is 15.9 Å². The molecule has 0 unspecified atom stereocenters. The van der Waals surface area contributed by atoms with Gasteiger partial charge in [0, 0.05) is 19.8 Å². The SMILES string of the molecule is COc1ccc(S(=O)(=O)N(C)C)cc1NC(=O)c1cnc(SC)n1-c1ccccc1. The monoisotopic (exact) mass is 446 g/mol. The standard InChI is InChI=1S/C20H22N4O4S2/c1-23(2)30(26,27)15-10-11-18(28-3)16(12-15)22-19(25)17-13-21-20(29-4)24(17)14-8-6-5-7-9-14/h5-13H,1-4H3,(H,22,25). The molecule has 3 rings (SSSR count). The Labute approximate surface area is 179 Å². The van der Waals surface area contributed by atoms with Gasteiger partial charge in [-0.2, -0.15) is 0 Å². The van der Waals surface area contributed by atoms with Crippen LogP contribution in [-0.4, -0.2) is 55.6 Å². The second-order valence-electron chi connectivity index (χ2n) is 6.40. The number of sulfonamides is 1. The van der Waals surface area contributed by atoms with Crippen molar-refractivity contribution in [1.29, 1.82) is 0 Å². The summed E-state index contributed by atoms with van der Waals surface area (Å²) in [5, 5.41) is 3.41. The zero-order valence-corrected chi connectivity index (χ0v) is 18.6. The van der Waals surface area contributed by atoms with Gasteiger partial charge in [0.25, 0.3) is 5.91 Å². The number of carbonyl (C=O) groups is 1. The maximum atomic E-state index is 13.1. The van der Waals surface area contributed by atoms with Gasteiger partial charge in [-0.15, -0.1) is 0 Å². The molecule has 1 heterocycles. The molecule has 0 bridgehead atoms. The number of nitrogens with zero attached hydrogens (tertiary/aromatic N) is 3. The van der Waals surface area contributed by atoms with Crippen LogP contribution < -0.4 is 10.1 Å². The molecular formula is C20H22N4O4S2. The summed E-state index contributed by atoms with van der Waals surface area (Å²) in [7, 11) is 0.669. The first-order chi connectivity index (χ1) is 14.3. The summed E-state index contributed by atoms with van der Waals surface area (Å²) in [5.74, 6) is -0.0960. The van der Waals surface area contributed by atoms with E-state index in [1.54, 1.807) is 4.57 Å². The van der Waals surface area contributed by atoms with E-state index in [4.69, 9.17) is 4.74 Å². The summed E-state index contributed by atoms with van der Waals surface area (Å²) in [5.41, 5.74) is 1.35. The number of hydrogen-bond donors (Lipinski definition) is 1. The molecule has 0 aliphatic heterocycles. The van der Waals surface area contributed by atoms with Gasteiger partial charge in [-0.05, 0) is 36.6 Å². The van der Waals surface area contributed by atoms with E-state index in [1.807, 2.05) is 36.6 Å². The number of benzene rings is 2. The molecule has 0 saturated carbocycles. The van der Waals surface area contributed by atoms with Gasteiger partial charge in [0.2, 0.25) is 10.0 Å². The number of nitrogens with one attached hydrogen (secondary N) is 1. The number of imidazole rings is 1. The number of thioether (sulfide) groups is 1. The van der Waals surface area contributed by atoms with Gasteiger partial charge in [-0.25, -0.2) is 17.7 Å². The molecule has 0 aliphatic rings. The zero-order chi connectivity index (χ0) is 21.9. The molecule has 0 spiro atoms. The fourth-order valence-corrected chi connectivity index (χ4v) is 4.28. The molecule has 1 N–H and O–H groups in total. The third-order valence-corrected chi connectivity index (χ3v) is 6.82. The van der Waals surface area contributed by atoms with E-state index in [-0.39, 0.29) is 10.6 Å². The largest absolute Gasteiger partial charge is 0.495 e. The van der Waals surface area contributed by atoms with E-state index in [2.05, 4.69) is 10.3 Å². The molecule has 0 radical (unpaired) electrons. The predicted molar refractivity (Wildman–Crippen MR) is 117 cm³/mol. The third-order valence-electron chi connectivity index (χ3n) is 4.36. The van der Waals surface area contributed by atoms with Crippen LogP contribution in [0.25, 0.3) is 5.69 Å². The number of hydrogen-bond acceptors (Lipinski definition) is 6. The topological polar surface area (TPSA) is 93.5 Å². The highest BCUT2D eigenvalue weighted by molar-refractivity contribution is 7.98. The van der Waals surface area contributed by atoms with Crippen LogP contribution in [0.3, 0.4) is 0 Å². The van der Waals surface area contributed by atoms with E-state index in [1.165, 1.54) is 57.4 Å². The number of methoxy groups -OCH3 is 1. The molecule has 0 atom stereocenters. The molecule has 2 aromatic carbocycles. The Morgan fingerprint density at radius 2 is 1.87 bits per heavy atom. The van der Waals surface area contributed by atoms with Crippen LogP contribution in [0.1, 0.15) is 10.5 Å². The Morgan fingerprint density at radius 1 is 1.17 bits per heavy atom. The minimum atomic E-state index is -3.67. The maximum absolute atomic E-state index is 13.1. The Kier molecular flexibility index (Phi) is 6.49. The maximum Gasteiger partial charge on any atom is 0.274 e. The first kappa shape index (κ1) is 21.9. The molecule has 10 heteroatoms. The lowest BCUT2D eigenvalue weighted by Gasteiger charge is -2.16. The summed E-state index contributed by atoms with van der Waals surface area (Å²) < 4.78 is 33.1. The van der Waals surface area contributed by atoms with Crippen molar-refractivity contribution < 1.29 is 17.9 Å². The third kappa shape index (κ3) is 4.20. The van der Waals surface area contributed by atoms with Crippen molar-refractivity contribution in [1.82, 2.24) is 13.9 Å². The highest BCUT2D eigenvalue weighted by Gasteiger charge is 2.22. The second-order valence-corrected chi connectivity index (χ2v) is 9.33. The van der Waals surface area contributed by atoms with E-state index in [0.717, 1.165) is 9.99 Å². The van der Waals surface area contributed by atoms with Crippen molar-refractivity contribution >= 4 is 33.4 Å². The minimum absolute atomic E-state index is 0.0463. The Balaban J connectivity index is 2.02. The lowest BCUT2D eigenvalue weighted by atomic mass is 10.2. The Morgan fingerprint density at radius 3 is 2.47 bits per heavy atom. The van der Waals surface area contributed by atoms with Gasteiger partial charge in [-0.1, -0.05) is 30.0 Å². The lowest BCUT2D eigenvalue weighted by Crippen LogP contribution is -2.23. The second kappa shape index (κ2) is 8.90. The first-order valence-corrected chi connectivity index (χ1v) is 11.5. The fraction of sp³-hybridized carbons (Fsp3) is 0.200. The van der Waals surface area contributed by atoms with Crippen molar-refractivity contribution in [3.05, 3.63) is 60.4 Å². The number of ether oxygens (including phenoxy) is 1. The average molecular weight is 447 g/mol. The smallest absolute Gasteiger partial charge is 0.274 e. The fourth-order valence-electron chi connectivity index (χ4n) is 2.81. The van der Waals surface area contributed by atoms with Crippen molar-refractivity contribution in [3.63, 3.8) is 0 Å². The lowest BCUT2D eigenvalue weighted by molar-refractivity contribution is 0.101.